The summed E-state index contributed by atoms with van der Waals surface area (Å²) < 4.78 is 5.04. The van der Waals surface area contributed by atoms with Crippen LogP contribution in [-0.4, -0.2) is 42.6 Å². The first-order valence-corrected chi connectivity index (χ1v) is 8.98. The average molecular weight is 384 g/mol. The predicted octanol–water partition coefficient (Wildman–Crippen LogP) is 2.02. The van der Waals surface area contributed by atoms with Crippen LogP contribution in [0.5, 0.6) is 5.75 Å². The maximum atomic E-state index is 12.0. The monoisotopic (exact) mass is 384 g/mol. The molecule has 2 amide bonds. The smallest absolute Gasteiger partial charge is 0.326 e. The zero-order valence-electron chi connectivity index (χ0n) is 15.7. The van der Waals surface area contributed by atoms with Gasteiger partial charge in [0.15, 0.2) is 0 Å². The van der Waals surface area contributed by atoms with E-state index in [-0.39, 0.29) is 24.7 Å². The molecule has 0 fully saturated rings. The first-order chi connectivity index (χ1) is 13.5. The summed E-state index contributed by atoms with van der Waals surface area (Å²) in [4.78, 5) is 35.4. The summed E-state index contributed by atoms with van der Waals surface area (Å²) in [6, 6.07) is 14.8. The maximum absolute atomic E-state index is 12.0. The lowest BCUT2D eigenvalue weighted by atomic mass is 10.1. The number of amides is 2. The molecular weight excluding hydrogens is 360 g/mol. The molecule has 0 radical (unpaired) electrons. The molecule has 0 heterocycles. The second-order valence-electron chi connectivity index (χ2n) is 6.24. The number of methoxy groups -OCH3 is 1. The van der Waals surface area contributed by atoms with Gasteiger partial charge in [0.1, 0.15) is 11.8 Å². The van der Waals surface area contributed by atoms with Crippen LogP contribution >= 0.6 is 0 Å². The maximum Gasteiger partial charge on any atom is 0.326 e. The van der Waals surface area contributed by atoms with Crippen molar-refractivity contribution >= 4 is 17.8 Å². The highest BCUT2D eigenvalue weighted by Gasteiger charge is 2.20. The van der Waals surface area contributed by atoms with Gasteiger partial charge in [0.25, 0.3) is 5.91 Å². The fourth-order valence-electron chi connectivity index (χ4n) is 2.61. The van der Waals surface area contributed by atoms with E-state index in [1.165, 1.54) is 0 Å². The molecule has 2 rings (SSSR count). The quantitative estimate of drug-likeness (QED) is 0.544. The highest BCUT2D eigenvalue weighted by Crippen LogP contribution is 2.11. The molecule has 0 saturated heterocycles. The first-order valence-electron chi connectivity index (χ1n) is 8.98. The van der Waals surface area contributed by atoms with E-state index in [1.807, 2.05) is 30.3 Å². The molecule has 0 saturated carbocycles. The first kappa shape index (κ1) is 21.0. The molecule has 28 heavy (non-hydrogen) atoms. The van der Waals surface area contributed by atoms with Crippen LogP contribution < -0.4 is 15.4 Å². The van der Waals surface area contributed by atoms with E-state index in [9.17, 15) is 19.5 Å². The van der Waals surface area contributed by atoms with Gasteiger partial charge in [-0.15, -0.1) is 0 Å². The molecular formula is C21H24N2O5. The fourth-order valence-corrected chi connectivity index (χ4v) is 2.61. The fraction of sp³-hybridized carbons (Fsp3) is 0.286. The third-order valence-corrected chi connectivity index (χ3v) is 4.13. The number of carboxylic acids is 1. The van der Waals surface area contributed by atoms with Crippen LogP contribution in [0.2, 0.25) is 0 Å². The normalized spacial score (nSPS) is 11.3. The number of carbonyl (C=O) groups excluding carboxylic acids is 2. The molecule has 0 spiro atoms. The molecule has 2 aromatic carbocycles. The zero-order chi connectivity index (χ0) is 20.4. The van der Waals surface area contributed by atoms with Crippen molar-refractivity contribution in [2.24, 2.45) is 0 Å². The number of carbonyl (C=O) groups is 3. The van der Waals surface area contributed by atoms with Crippen molar-refractivity contribution in [3.63, 3.8) is 0 Å². The van der Waals surface area contributed by atoms with Gasteiger partial charge in [0, 0.05) is 24.9 Å². The van der Waals surface area contributed by atoms with Gasteiger partial charge in [0.2, 0.25) is 5.91 Å². The topological polar surface area (TPSA) is 105 Å². The predicted molar refractivity (Wildman–Crippen MR) is 104 cm³/mol. The van der Waals surface area contributed by atoms with Crippen LogP contribution in [0.1, 0.15) is 28.8 Å². The van der Waals surface area contributed by atoms with Crippen LogP contribution in [0.4, 0.5) is 0 Å². The van der Waals surface area contributed by atoms with Gasteiger partial charge < -0.3 is 20.5 Å². The van der Waals surface area contributed by atoms with Crippen LogP contribution in [0, 0.1) is 0 Å². The van der Waals surface area contributed by atoms with Crippen molar-refractivity contribution < 1.29 is 24.2 Å². The minimum atomic E-state index is -1.08. The second-order valence-corrected chi connectivity index (χ2v) is 6.24. The Labute approximate surface area is 163 Å². The Balaban J connectivity index is 1.73. The molecule has 148 valence electrons. The lowest BCUT2D eigenvalue weighted by Crippen LogP contribution is -2.42. The molecule has 0 bridgehead atoms. The molecule has 0 aliphatic heterocycles. The molecule has 1 atom stereocenters. The molecule has 7 heteroatoms. The summed E-state index contributed by atoms with van der Waals surface area (Å²) in [6.07, 6.45) is 0.753. The van der Waals surface area contributed by atoms with E-state index in [1.54, 1.807) is 31.4 Å². The van der Waals surface area contributed by atoms with Crippen LogP contribution in [0.3, 0.4) is 0 Å². The van der Waals surface area contributed by atoms with Crippen molar-refractivity contribution in [2.45, 2.75) is 25.3 Å². The SMILES string of the molecule is COc1ccc(C(=O)NCCCC(=O)NC(Cc2ccccc2)C(=O)O)cc1. The molecule has 7 nitrogen and oxygen atoms in total. The number of hydrogen-bond acceptors (Lipinski definition) is 4. The van der Waals surface area contributed by atoms with Gasteiger partial charge in [-0.1, -0.05) is 30.3 Å². The van der Waals surface area contributed by atoms with Gasteiger partial charge in [-0.25, -0.2) is 4.79 Å². The largest absolute Gasteiger partial charge is 0.497 e. The third-order valence-electron chi connectivity index (χ3n) is 4.13. The summed E-state index contributed by atoms with van der Waals surface area (Å²) in [5.74, 6) is -1.01. The van der Waals surface area contributed by atoms with Gasteiger partial charge in [-0.2, -0.15) is 0 Å². The summed E-state index contributed by atoms with van der Waals surface area (Å²) in [7, 11) is 1.55. The molecule has 2 aromatic rings. The van der Waals surface area contributed by atoms with Crippen LogP contribution in [-0.2, 0) is 16.0 Å². The lowest BCUT2D eigenvalue weighted by molar-refractivity contribution is -0.141. The minimum absolute atomic E-state index is 0.126. The molecule has 3 N–H and O–H groups in total. The minimum Gasteiger partial charge on any atom is -0.497 e. The summed E-state index contributed by atoms with van der Waals surface area (Å²) in [5.41, 5.74) is 1.33. The number of hydrogen-bond donors (Lipinski definition) is 3. The number of aliphatic carboxylic acids is 1. The number of ether oxygens (including phenoxy) is 1. The van der Waals surface area contributed by atoms with E-state index in [0.717, 1.165) is 5.56 Å². The van der Waals surface area contributed by atoms with Crippen molar-refractivity contribution in [1.29, 1.82) is 0 Å². The number of benzene rings is 2. The Kier molecular flexibility index (Phi) is 8.02. The van der Waals surface area contributed by atoms with Gasteiger partial charge in [0.05, 0.1) is 7.11 Å². The summed E-state index contributed by atoms with van der Waals surface area (Å²) >= 11 is 0. The van der Waals surface area contributed by atoms with Gasteiger partial charge >= 0.3 is 5.97 Å². The highest BCUT2D eigenvalue weighted by atomic mass is 16.5. The van der Waals surface area contributed by atoms with Crippen molar-refractivity contribution in [1.82, 2.24) is 10.6 Å². The van der Waals surface area contributed by atoms with E-state index in [2.05, 4.69) is 10.6 Å². The number of rotatable bonds is 10. The van der Waals surface area contributed by atoms with E-state index in [0.29, 0.717) is 24.3 Å². The second kappa shape index (κ2) is 10.7. The Hall–Kier alpha value is -3.35. The summed E-state index contributed by atoms with van der Waals surface area (Å²) in [5, 5.41) is 14.6. The molecule has 0 aliphatic carbocycles. The zero-order valence-corrected chi connectivity index (χ0v) is 15.7. The van der Waals surface area contributed by atoms with Gasteiger partial charge in [-0.3, -0.25) is 9.59 Å². The van der Waals surface area contributed by atoms with Gasteiger partial charge in [-0.05, 0) is 36.2 Å². The number of carboxylic acid groups (broad SMARTS) is 1. The number of nitrogens with one attached hydrogen (secondary N) is 2. The highest BCUT2D eigenvalue weighted by molar-refractivity contribution is 5.94. The lowest BCUT2D eigenvalue weighted by Gasteiger charge is -2.14. The Morgan fingerprint density at radius 2 is 1.71 bits per heavy atom. The van der Waals surface area contributed by atoms with Crippen LogP contribution in [0.25, 0.3) is 0 Å². The Morgan fingerprint density at radius 1 is 1.04 bits per heavy atom. The third kappa shape index (κ3) is 6.75. The van der Waals surface area contributed by atoms with Crippen LogP contribution in [0.15, 0.2) is 54.6 Å². The Bertz CT molecular complexity index is 790. The molecule has 0 aromatic heterocycles. The van der Waals surface area contributed by atoms with Crippen molar-refractivity contribution in [3.05, 3.63) is 65.7 Å². The average Bonchev–Trinajstić information content (AvgIpc) is 2.71. The Morgan fingerprint density at radius 3 is 2.32 bits per heavy atom. The van der Waals surface area contributed by atoms with Crippen molar-refractivity contribution in [3.8, 4) is 5.75 Å². The summed E-state index contributed by atoms with van der Waals surface area (Å²) in [6.45, 7) is 0.314. The van der Waals surface area contributed by atoms with E-state index < -0.39 is 12.0 Å². The molecule has 1 unspecified atom stereocenters. The van der Waals surface area contributed by atoms with E-state index >= 15 is 0 Å². The van der Waals surface area contributed by atoms with Crippen molar-refractivity contribution in [2.75, 3.05) is 13.7 Å². The standard InChI is InChI=1S/C21H24N2O5/c1-28-17-11-9-16(10-12-17)20(25)22-13-5-8-19(24)23-18(21(26)27)14-15-6-3-2-4-7-15/h2-4,6-7,9-12,18H,5,8,13-14H2,1H3,(H,22,25)(H,23,24)(H,26,27). The van der Waals surface area contributed by atoms with E-state index in [4.69, 9.17) is 4.74 Å². The molecule has 0 aliphatic rings.